The van der Waals surface area contributed by atoms with Crippen LogP contribution in [0.2, 0.25) is 0 Å². The minimum Gasteiger partial charge on any atom is -0.456 e. The van der Waals surface area contributed by atoms with Crippen molar-refractivity contribution in [3.05, 3.63) is 180 Å². The molecule has 1 unspecified atom stereocenters. The molecule has 4 heterocycles. The SMILES string of the molecule is C1=Cc2c(ccc3c4ccccc4n(-c4c5ccccc5cc5c4c4ccccc4n5C4=Nc5ccccc5NC4c4ccc5oc6ccccc6c5c4)c23)CC1. The molecule has 0 fully saturated rings. The highest BCUT2D eigenvalue weighted by Gasteiger charge is 2.31. The first-order valence-corrected chi connectivity index (χ1v) is 19.8. The van der Waals surface area contributed by atoms with Gasteiger partial charge in [0.2, 0.25) is 0 Å². The Hall–Kier alpha value is -7.37. The van der Waals surface area contributed by atoms with Crippen molar-refractivity contribution < 1.29 is 4.42 Å². The van der Waals surface area contributed by atoms with Crippen molar-refractivity contribution in [2.75, 3.05) is 5.32 Å². The molecule has 0 saturated heterocycles. The van der Waals surface area contributed by atoms with Crippen LogP contribution >= 0.6 is 0 Å². The second-order valence-corrected chi connectivity index (χ2v) is 15.4. The van der Waals surface area contributed by atoms with E-state index in [4.69, 9.17) is 9.41 Å². The normalized spacial score (nSPS) is 15.2. The number of para-hydroxylation sites is 5. The van der Waals surface area contributed by atoms with Gasteiger partial charge >= 0.3 is 0 Å². The molecule has 0 saturated carbocycles. The first-order valence-electron chi connectivity index (χ1n) is 19.8. The monoisotopic (exact) mass is 730 g/mol. The molecule has 0 spiro atoms. The molecule has 11 aromatic rings. The van der Waals surface area contributed by atoms with Gasteiger partial charge in [-0.15, -0.1) is 0 Å². The van der Waals surface area contributed by atoms with Gasteiger partial charge in [0.1, 0.15) is 23.0 Å². The van der Waals surface area contributed by atoms with E-state index in [2.05, 4.69) is 172 Å². The van der Waals surface area contributed by atoms with Crippen LogP contribution in [0.1, 0.15) is 29.2 Å². The fraction of sp³-hybridized carbons (Fsp3) is 0.0577. The molecule has 5 heteroatoms. The lowest BCUT2D eigenvalue weighted by Crippen LogP contribution is -2.29. The van der Waals surface area contributed by atoms with Crippen LogP contribution in [0, 0.1) is 0 Å². The van der Waals surface area contributed by atoms with Crippen molar-refractivity contribution >= 4 is 99.6 Å². The lowest BCUT2D eigenvalue weighted by Gasteiger charge is -2.29. The maximum absolute atomic E-state index is 6.29. The van der Waals surface area contributed by atoms with Crippen LogP contribution in [0.3, 0.4) is 0 Å². The van der Waals surface area contributed by atoms with E-state index in [1.807, 2.05) is 12.1 Å². The fourth-order valence-corrected chi connectivity index (χ4v) is 9.88. The number of anilines is 1. The van der Waals surface area contributed by atoms with Gasteiger partial charge in [-0.2, -0.15) is 0 Å². The number of allylic oxidation sites excluding steroid dienone is 1. The summed E-state index contributed by atoms with van der Waals surface area (Å²) in [5.74, 6) is 0.927. The van der Waals surface area contributed by atoms with Crippen LogP contribution in [0.15, 0.2) is 173 Å². The number of hydrogen-bond donors (Lipinski definition) is 1. The zero-order valence-corrected chi connectivity index (χ0v) is 30.9. The highest BCUT2D eigenvalue weighted by Crippen LogP contribution is 2.46. The predicted octanol–water partition coefficient (Wildman–Crippen LogP) is 13.6. The highest BCUT2D eigenvalue weighted by atomic mass is 16.3. The highest BCUT2D eigenvalue weighted by molar-refractivity contribution is 6.25. The number of aliphatic imine (C=N–C) groups is 1. The Kier molecular flexibility index (Phi) is 6.27. The van der Waals surface area contributed by atoms with Gasteiger partial charge in [-0.3, -0.25) is 4.57 Å². The molecule has 0 bridgehead atoms. The van der Waals surface area contributed by atoms with E-state index in [1.54, 1.807) is 0 Å². The first kappa shape index (κ1) is 30.9. The van der Waals surface area contributed by atoms with Crippen molar-refractivity contribution in [3.8, 4) is 5.69 Å². The Balaban J connectivity index is 1.17. The molecular weight excluding hydrogens is 697 g/mol. The third-order valence-electron chi connectivity index (χ3n) is 12.4. The molecule has 8 aromatic carbocycles. The molecule has 268 valence electrons. The van der Waals surface area contributed by atoms with E-state index in [0.29, 0.717) is 0 Å². The van der Waals surface area contributed by atoms with Crippen LogP contribution in [0.5, 0.6) is 0 Å². The van der Waals surface area contributed by atoms with E-state index in [1.165, 1.54) is 60.2 Å². The summed E-state index contributed by atoms with van der Waals surface area (Å²) in [6.45, 7) is 0. The molecule has 13 rings (SSSR count). The number of aryl methyl sites for hydroxylation is 1. The van der Waals surface area contributed by atoms with Crippen molar-refractivity contribution in [2.45, 2.75) is 18.9 Å². The topological polar surface area (TPSA) is 47.4 Å². The largest absolute Gasteiger partial charge is 0.456 e. The molecule has 1 N–H and O–H groups in total. The van der Waals surface area contributed by atoms with Crippen LogP contribution in [0.25, 0.3) is 88.1 Å². The van der Waals surface area contributed by atoms with E-state index < -0.39 is 0 Å². The van der Waals surface area contributed by atoms with Gasteiger partial charge in [-0.25, -0.2) is 4.99 Å². The smallest absolute Gasteiger partial charge is 0.141 e. The summed E-state index contributed by atoms with van der Waals surface area (Å²) in [6, 6.07) is 56.8. The third kappa shape index (κ3) is 4.31. The number of rotatable bonds is 2. The molecule has 1 aliphatic heterocycles. The number of nitrogens with one attached hydrogen (secondary N) is 1. The molecule has 2 aliphatic rings. The van der Waals surface area contributed by atoms with Gasteiger partial charge in [-0.05, 0) is 77.9 Å². The quantitative estimate of drug-likeness (QED) is 0.192. The van der Waals surface area contributed by atoms with Crippen molar-refractivity contribution in [3.63, 3.8) is 0 Å². The van der Waals surface area contributed by atoms with Gasteiger partial charge in [-0.1, -0.05) is 121 Å². The van der Waals surface area contributed by atoms with Crippen LogP contribution in [0.4, 0.5) is 11.4 Å². The maximum Gasteiger partial charge on any atom is 0.141 e. The van der Waals surface area contributed by atoms with Gasteiger partial charge in [0, 0.05) is 43.3 Å². The molecule has 57 heavy (non-hydrogen) atoms. The Morgan fingerprint density at radius 1 is 0.579 bits per heavy atom. The van der Waals surface area contributed by atoms with E-state index in [-0.39, 0.29) is 6.04 Å². The van der Waals surface area contributed by atoms with Gasteiger partial charge < -0.3 is 14.3 Å². The fourth-order valence-electron chi connectivity index (χ4n) is 9.88. The number of aromatic nitrogens is 2. The predicted molar refractivity (Wildman–Crippen MR) is 238 cm³/mol. The number of benzene rings is 8. The Morgan fingerprint density at radius 2 is 1.32 bits per heavy atom. The summed E-state index contributed by atoms with van der Waals surface area (Å²) in [5.41, 5.74) is 13.5. The molecule has 5 nitrogen and oxygen atoms in total. The standard InChI is InChI=1S/C52H34N4O/c1-3-15-34-31(13-1)25-27-38-36-17-5-10-22-43(36)56(50(34)38)51-35-16-4-2-14-32(35)30-45-48(51)39-19-6-11-23-44(39)55(45)52-49(53-41-20-8-9-21-42(41)54-52)33-26-28-47-40(29-33)37-18-7-12-24-46(37)57-47/h2-12,14-30,49,53H,1,13H2. The number of nitrogens with zero attached hydrogens (tertiary/aromatic N) is 3. The lowest BCUT2D eigenvalue weighted by atomic mass is 9.94. The minimum absolute atomic E-state index is 0.253. The summed E-state index contributed by atoms with van der Waals surface area (Å²) in [5, 5.41) is 13.5. The molecule has 1 atom stereocenters. The van der Waals surface area contributed by atoms with E-state index in [9.17, 15) is 0 Å². The first-order chi connectivity index (χ1) is 28.3. The van der Waals surface area contributed by atoms with E-state index >= 15 is 0 Å². The van der Waals surface area contributed by atoms with Crippen LogP contribution in [-0.2, 0) is 6.42 Å². The van der Waals surface area contributed by atoms with Crippen LogP contribution in [-0.4, -0.2) is 15.0 Å². The maximum atomic E-state index is 6.29. The van der Waals surface area contributed by atoms with Gasteiger partial charge in [0.15, 0.2) is 0 Å². The zero-order chi connectivity index (χ0) is 37.2. The summed E-state index contributed by atoms with van der Waals surface area (Å²) < 4.78 is 11.3. The molecule has 1 aliphatic carbocycles. The zero-order valence-electron chi connectivity index (χ0n) is 30.9. The summed E-state index contributed by atoms with van der Waals surface area (Å²) in [6.07, 6.45) is 6.80. The van der Waals surface area contributed by atoms with Gasteiger partial charge in [0.05, 0.1) is 39.1 Å². The molecular formula is C52H34N4O. The molecule has 0 amide bonds. The average molecular weight is 731 g/mol. The number of hydrogen-bond acceptors (Lipinski definition) is 3. The van der Waals surface area contributed by atoms with Crippen LogP contribution < -0.4 is 5.32 Å². The Labute approximate surface area is 327 Å². The van der Waals surface area contributed by atoms with E-state index in [0.717, 1.165) is 68.6 Å². The molecule has 0 radical (unpaired) electrons. The van der Waals surface area contributed by atoms with Crippen molar-refractivity contribution in [1.29, 1.82) is 0 Å². The van der Waals surface area contributed by atoms with Gasteiger partial charge in [0.25, 0.3) is 0 Å². The summed E-state index contributed by atoms with van der Waals surface area (Å²) in [4.78, 5) is 5.58. The summed E-state index contributed by atoms with van der Waals surface area (Å²) in [7, 11) is 0. The Morgan fingerprint density at radius 3 is 2.23 bits per heavy atom. The Bertz CT molecular complexity index is 3570. The van der Waals surface area contributed by atoms with Crippen molar-refractivity contribution in [2.24, 2.45) is 4.99 Å². The molecule has 3 aromatic heterocycles. The third-order valence-corrected chi connectivity index (χ3v) is 12.4. The minimum atomic E-state index is -0.253. The summed E-state index contributed by atoms with van der Waals surface area (Å²) >= 11 is 0. The second kappa shape index (κ2) is 11.6. The second-order valence-electron chi connectivity index (χ2n) is 15.4. The average Bonchev–Trinajstić information content (AvgIpc) is 3.92. The number of fused-ring (bicyclic) bond motifs is 13. The number of furan rings is 1. The lowest BCUT2D eigenvalue weighted by molar-refractivity contribution is 0.668. The van der Waals surface area contributed by atoms with Crippen molar-refractivity contribution in [1.82, 2.24) is 9.13 Å².